The number of sulfone groups is 1. The first-order valence-electron chi connectivity index (χ1n) is 4.25. The number of ether oxygens (including phenoxy) is 1. The van der Waals surface area contributed by atoms with E-state index in [9.17, 15) is 13.2 Å². The minimum Gasteiger partial charge on any atom is -0.497 e. The number of methoxy groups -OCH3 is 1. The number of carbonyl (C=O) groups is 1. The van der Waals surface area contributed by atoms with Crippen LogP contribution in [-0.4, -0.2) is 27.2 Å². The first-order chi connectivity index (χ1) is 7.05. The molecule has 0 atom stereocenters. The highest BCUT2D eigenvalue weighted by Crippen LogP contribution is 2.30. The zero-order valence-electron chi connectivity index (χ0n) is 7.98. The average molecular weight is 227 g/mol. The van der Waals surface area contributed by atoms with E-state index in [1.165, 1.54) is 13.2 Å². The molecule has 6 heteroatoms. The predicted octanol–water partition coefficient (Wildman–Crippen LogP) is 0.421. The molecule has 0 saturated heterocycles. The summed E-state index contributed by atoms with van der Waals surface area (Å²) in [5.41, 5.74) is 0.440. The zero-order chi connectivity index (χ0) is 11.1. The predicted molar refractivity (Wildman–Crippen MR) is 53.7 cm³/mol. The summed E-state index contributed by atoms with van der Waals surface area (Å²) in [4.78, 5) is 11.2. The van der Waals surface area contributed by atoms with Crippen molar-refractivity contribution in [2.24, 2.45) is 0 Å². The Balaban J connectivity index is 2.67. The topological polar surface area (TPSA) is 72.5 Å². The van der Waals surface area contributed by atoms with Gasteiger partial charge < -0.3 is 10.1 Å². The molecule has 0 saturated carbocycles. The maximum atomic E-state index is 11.6. The Morgan fingerprint density at radius 1 is 1.40 bits per heavy atom. The molecule has 5 nitrogen and oxygen atoms in total. The van der Waals surface area contributed by atoms with Gasteiger partial charge in [0, 0.05) is 6.07 Å². The third-order valence-electron chi connectivity index (χ3n) is 2.20. The molecule has 1 aliphatic heterocycles. The third-order valence-corrected chi connectivity index (χ3v) is 3.86. The standard InChI is InChI=1S/C9H9NO4S/c1-14-6-2-3-7-8(4-6)15(12,13)9(11)5-10-7/h2-4,10H,5H2,1H3. The number of hydrogen-bond donors (Lipinski definition) is 1. The lowest BCUT2D eigenvalue weighted by molar-refractivity contribution is -0.110. The minimum atomic E-state index is -3.83. The Hall–Kier alpha value is -1.56. The van der Waals surface area contributed by atoms with Crippen molar-refractivity contribution < 1.29 is 17.9 Å². The molecular weight excluding hydrogens is 218 g/mol. The molecule has 0 aromatic heterocycles. The highest BCUT2D eigenvalue weighted by molar-refractivity contribution is 8.06. The molecule has 1 heterocycles. The maximum Gasteiger partial charge on any atom is 0.270 e. The molecule has 1 N–H and O–H groups in total. The lowest BCUT2D eigenvalue weighted by atomic mass is 10.3. The number of benzene rings is 1. The highest BCUT2D eigenvalue weighted by Gasteiger charge is 2.31. The molecule has 80 valence electrons. The second-order valence-corrected chi connectivity index (χ2v) is 4.99. The number of fused-ring (bicyclic) bond motifs is 1. The maximum absolute atomic E-state index is 11.6. The summed E-state index contributed by atoms with van der Waals surface area (Å²) in [5, 5.41) is 1.92. The summed E-state index contributed by atoms with van der Waals surface area (Å²) < 4.78 is 28.2. The summed E-state index contributed by atoms with van der Waals surface area (Å²) in [6.07, 6.45) is 0. The first kappa shape index (κ1) is 9.97. The summed E-state index contributed by atoms with van der Waals surface area (Å²) in [6.45, 7) is -0.179. The van der Waals surface area contributed by atoms with Gasteiger partial charge in [-0.15, -0.1) is 0 Å². The van der Waals surface area contributed by atoms with Gasteiger partial charge in [-0.05, 0) is 12.1 Å². The fourth-order valence-electron chi connectivity index (χ4n) is 1.38. The Morgan fingerprint density at radius 2 is 2.13 bits per heavy atom. The smallest absolute Gasteiger partial charge is 0.270 e. The number of anilines is 1. The number of carbonyl (C=O) groups excluding carboxylic acids is 1. The molecule has 0 radical (unpaired) electrons. The molecule has 0 aliphatic carbocycles. The lowest BCUT2D eigenvalue weighted by Gasteiger charge is -2.17. The van der Waals surface area contributed by atoms with Crippen LogP contribution in [0.1, 0.15) is 0 Å². The lowest BCUT2D eigenvalue weighted by Crippen LogP contribution is -2.29. The van der Waals surface area contributed by atoms with Crippen LogP contribution >= 0.6 is 0 Å². The third kappa shape index (κ3) is 1.46. The van der Waals surface area contributed by atoms with E-state index in [2.05, 4.69) is 5.32 Å². The van der Waals surface area contributed by atoms with Gasteiger partial charge in [0.05, 0.1) is 19.3 Å². The summed E-state index contributed by atoms with van der Waals surface area (Å²) in [6, 6.07) is 4.56. The van der Waals surface area contributed by atoms with Crippen molar-refractivity contribution in [1.29, 1.82) is 0 Å². The van der Waals surface area contributed by atoms with Crippen LogP contribution in [0.4, 0.5) is 5.69 Å². The monoisotopic (exact) mass is 227 g/mol. The Bertz CT molecular complexity index is 521. The van der Waals surface area contributed by atoms with Crippen LogP contribution in [0.5, 0.6) is 5.75 Å². The van der Waals surface area contributed by atoms with Gasteiger partial charge in [-0.1, -0.05) is 0 Å². The van der Waals surface area contributed by atoms with E-state index < -0.39 is 15.0 Å². The van der Waals surface area contributed by atoms with E-state index in [0.717, 1.165) is 0 Å². The van der Waals surface area contributed by atoms with E-state index in [0.29, 0.717) is 11.4 Å². The van der Waals surface area contributed by atoms with E-state index in [1.54, 1.807) is 12.1 Å². The molecule has 0 fully saturated rings. The molecule has 1 aliphatic rings. The molecule has 0 unspecified atom stereocenters. The number of hydrogen-bond acceptors (Lipinski definition) is 5. The Morgan fingerprint density at radius 3 is 2.80 bits per heavy atom. The molecule has 2 rings (SSSR count). The molecule has 0 spiro atoms. The van der Waals surface area contributed by atoms with Crippen molar-refractivity contribution in [3.63, 3.8) is 0 Å². The van der Waals surface area contributed by atoms with Crippen LogP contribution in [0.3, 0.4) is 0 Å². The molecule has 15 heavy (non-hydrogen) atoms. The van der Waals surface area contributed by atoms with Crippen LogP contribution in [0.2, 0.25) is 0 Å². The summed E-state index contributed by atoms with van der Waals surface area (Å²) in [7, 11) is -2.40. The quantitative estimate of drug-likeness (QED) is 0.752. The SMILES string of the molecule is COc1ccc2c(c1)S(=O)(=O)C(=O)CN2. The fraction of sp³-hybridized carbons (Fsp3) is 0.222. The highest BCUT2D eigenvalue weighted by atomic mass is 32.2. The van der Waals surface area contributed by atoms with Gasteiger partial charge in [0.2, 0.25) is 9.84 Å². The van der Waals surface area contributed by atoms with Crippen molar-refractivity contribution >= 4 is 20.6 Å². The molecule has 0 amide bonds. The number of nitrogens with one attached hydrogen (secondary N) is 1. The summed E-state index contributed by atoms with van der Waals surface area (Å²) in [5.74, 6) is 0.411. The van der Waals surface area contributed by atoms with Gasteiger partial charge in [-0.25, -0.2) is 8.42 Å². The van der Waals surface area contributed by atoms with E-state index >= 15 is 0 Å². The van der Waals surface area contributed by atoms with E-state index in [1.807, 2.05) is 0 Å². The van der Waals surface area contributed by atoms with Gasteiger partial charge in [0.1, 0.15) is 10.6 Å². The van der Waals surface area contributed by atoms with Crippen molar-refractivity contribution in [3.05, 3.63) is 18.2 Å². The van der Waals surface area contributed by atoms with Crippen LogP contribution in [0, 0.1) is 0 Å². The van der Waals surface area contributed by atoms with Crippen molar-refractivity contribution in [3.8, 4) is 5.75 Å². The zero-order valence-corrected chi connectivity index (χ0v) is 8.80. The van der Waals surface area contributed by atoms with Crippen LogP contribution in [0.15, 0.2) is 23.1 Å². The fourth-order valence-corrected chi connectivity index (χ4v) is 2.59. The van der Waals surface area contributed by atoms with E-state index in [4.69, 9.17) is 4.74 Å². The van der Waals surface area contributed by atoms with Crippen LogP contribution < -0.4 is 10.1 Å². The molecular formula is C9H9NO4S. The first-order valence-corrected chi connectivity index (χ1v) is 5.74. The summed E-state index contributed by atoms with van der Waals surface area (Å²) >= 11 is 0. The normalized spacial score (nSPS) is 17.8. The number of rotatable bonds is 1. The van der Waals surface area contributed by atoms with Gasteiger partial charge in [-0.3, -0.25) is 4.79 Å². The second kappa shape index (κ2) is 3.23. The molecule has 1 aromatic carbocycles. The van der Waals surface area contributed by atoms with Crippen LogP contribution in [-0.2, 0) is 14.6 Å². The second-order valence-electron chi connectivity index (χ2n) is 3.09. The van der Waals surface area contributed by atoms with Crippen molar-refractivity contribution in [1.82, 2.24) is 0 Å². The molecule has 1 aromatic rings. The Kier molecular flexibility index (Phi) is 2.15. The largest absolute Gasteiger partial charge is 0.497 e. The van der Waals surface area contributed by atoms with Gasteiger partial charge in [0.15, 0.2) is 0 Å². The molecule has 0 bridgehead atoms. The minimum absolute atomic E-state index is 0.0156. The van der Waals surface area contributed by atoms with Gasteiger partial charge >= 0.3 is 0 Å². The van der Waals surface area contributed by atoms with Gasteiger partial charge in [-0.2, -0.15) is 0 Å². The van der Waals surface area contributed by atoms with Crippen molar-refractivity contribution in [2.75, 3.05) is 19.0 Å². The van der Waals surface area contributed by atoms with E-state index in [-0.39, 0.29) is 11.4 Å². The van der Waals surface area contributed by atoms with Crippen LogP contribution in [0.25, 0.3) is 0 Å². The average Bonchev–Trinajstić information content (AvgIpc) is 2.24. The van der Waals surface area contributed by atoms with Crippen molar-refractivity contribution in [2.45, 2.75) is 4.90 Å². The Labute approximate surface area is 87.0 Å². The van der Waals surface area contributed by atoms with Gasteiger partial charge in [0.25, 0.3) is 5.12 Å².